The van der Waals surface area contributed by atoms with Gasteiger partial charge in [0.15, 0.2) is 0 Å². The molecule has 2 N–H and O–H groups in total. The van der Waals surface area contributed by atoms with Crippen molar-refractivity contribution in [3.05, 3.63) is 12.2 Å². The lowest BCUT2D eigenvalue weighted by atomic mass is 10.1. The number of hydrogen-bond acceptors (Lipinski definition) is 2. The van der Waals surface area contributed by atoms with Crippen molar-refractivity contribution in [2.24, 2.45) is 0 Å². The molecule has 0 saturated carbocycles. The number of hydrogen-bond donors (Lipinski definition) is 2. The minimum Gasteiger partial charge on any atom is -0.356 e. The number of aliphatic hydroxyl groups is 2. The molecule has 0 saturated heterocycles. The van der Waals surface area contributed by atoms with Gasteiger partial charge in [-0.05, 0) is 36.7 Å². The van der Waals surface area contributed by atoms with Gasteiger partial charge in [0, 0.05) is 6.42 Å². The lowest BCUT2D eigenvalue weighted by molar-refractivity contribution is -0.114. The van der Waals surface area contributed by atoms with Crippen molar-refractivity contribution in [1.29, 1.82) is 0 Å². The molecule has 12 heavy (non-hydrogen) atoms. The molecule has 0 aromatic heterocycles. The molecule has 2 nitrogen and oxygen atoms in total. The average molecular weight is 162 g/mol. The van der Waals surface area contributed by atoms with Crippen molar-refractivity contribution in [3.8, 4) is 23.7 Å². The molecular weight excluding hydrogens is 152 g/mol. The normalized spacial score (nSPS) is 22.5. The summed E-state index contributed by atoms with van der Waals surface area (Å²) in [6.07, 6.45) is 5.41. The third kappa shape index (κ3) is 3.25. The predicted octanol–water partition coefficient (Wildman–Crippen LogP) is 0.414. The van der Waals surface area contributed by atoms with E-state index in [9.17, 15) is 10.2 Å². The highest BCUT2D eigenvalue weighted by molar-refractivity contribution is 5.32. The minimum atomic E-state index is -1.86. The van der Waals surface area contributed by atoms with Gasteiger partial charge in [-0.3, -0.25) is 0 Å². The molecule has 62 valence electrons. The van der Waals surface area contributed by atoms with Crippen molar-refractivity contribution >= 4 is 0 Å². The molecule has 0 bridgehead atoms. The molecule has 0 aromatic carbocycles. The summed E-state index contributed by atoms with van der Waals surface area (Å²) in [5, 5.41) is 18.4. The second-order valence-corrected chi connectivity index (χ2v) is 2.63. The number of rotatable bonds is 0. The van der Waals surface area contributed by atoms with Crippen LogP contribution in [0, 0.1) is 23.7 Å². The van der Waals surface area contributed by atoms with E-state index in [4.69, 9.17) is 0 Å². The van der Waals surface area contributed by atoms with Crippen molar-refractivity contribution < 1.29 is 10.2 Å². The Labute approximate surface area is 71.9 Å². The minimum absolute atomic E-state index is 0.270. The van der Waals surface area contributed by atoms with E-state index in [-0.39, 0.29) is 6.42 Å². The van der Waals surface area contributed by atoms with Crippen LogP contribution in [0.2, 0.25) is 0 Å². The monoisotopic (exact) mass is 162 g/mol. The smallest absolute Gasteiger partial charge is 0.229 e. The van der Waals surface area contributed by atoms with E-state index in [0.29, 0.717) is 6.42 Å². The van der Waals surface area contributed by atoms with Crippen LogP contribution in [0.3, 0.4) is 0 Å². The van der Waals surface area contributed by atoms with E-state index >= 15 is 0 Å². The summed E-state index contributed by atoms with van der Waals surface area (Å²) in [6.45, 7) is 0. The van der Waals surface area contributed by atoms with E-state index in [2.05, 4.69) is 23.7 Å². The maximum absolute atomic E-state index is 9.19. The second-order valence-electron chi connectivity index (χ2n) is 2.63. The molecule has 1 rings (SSSR count). The Morgan fingerprint density at radius 2 is 2.08 bits per heavy atom. The van der Waals surface area contributed by atoms with Crippen molar-refractivity contribution in [2.75, 3.05) is 0 Å². The molecule has 0 aliphatic heterocycles. The van der Waals surface area contributed by atoms with Crippen LogP contribution in [-0.2, 0) is 0 Å². The first kappa shape index (κ1) is 8.87. The van der Waals surface area contributed by atoms with Gasteiger partial charge in [0.1, 0.15) is 0 Å². The first-order valence-corrected chi connectivity index (χ1v) is 3.83. The second kappa shape index (κ2) is 3.97. The zero-order chi connectivity index (χ0) is 8.86. The Morgan fingerprint density at radius 1 is 1.25 bits per heavy atom. The van der Waals surface area contributed by atoms with Gasteiger partial charge in [-0.25, -0.2) is 0 Å². The summed E-state index contributed by atoms with van der Waals surface area (Å²) in [4.78, 5) is 0. The van der Waals surface area contributed by atoms with E-state index < -0.39 is 5.79 Å². The zero-order valence-corrected chi connectivity index (χ0v) is 6.67. The summed E-state index contributed by atoms with van der Waals surface area (Å²) in [5.74, 6) is 7.96. The molecular formula is C10H10O2. The van der Waals surface area contributed by atoms with Crippen LogP contribution in [0.4, 0.5) is 0 Å². The Balaban J connectivity index is 2.75. The van der Waals surface area contributed by atoms with Gasteiger partial charge in [0.25, 0.3) is 0 Å². The van der Waals surface area contributed by atoms with E-state index in [1.165, 1.54) is 0 Å². The van der Waals surface area contributed by atoms with Gasteiger partial charge in [-0.2, -0.15) is 0 Å². The molecule has 0 heterocycles. The van der Waals surface area contributed by atoms with Gasteiger partial charge < -0.3 is 10.2 Å². The average Bonchev–Trinajstić information content (AvgIpc) is 2.02. The van der Waals surface area contributed by atoms with Crippen LogP contribution in [0.5, 0.6) is 0 Å². The molecule has 0 amide bonds. The van der Waals surface area contributed by atoms with Gasteiger partial charge in [-0.15, -0.1) is 0 Å². The third-order valence-electron chi connectivity index (χ3n) is 1.49. The van der Waals surface area contributed by atoms with Gasteiger partial charge in [0.2, 0.25) is 5.79 Å². The van der Waals surface area contributed by atoms with Crippen LogP contribution in [0.1, 0.15) is 19.3 Å². The van der Waals surface area contributed by atoms with E-state index in [1.807, 2.05) is 6.08 Å². The first-order valence-electron chi connectivity index (χ1n) is 3.83. The lowest BCUT2D eigenvalue weighted by Crippen LogP contribution is -2.25. The molecule has 1 aliphatic rings. The maximum atomic E-state index is 9.19. The lowest BCUT2D eigenvalue weighted by Gasteiger charge is -2.13. The summed E-state index contributed by atoms with van der Waals surface area (Å²) in [5.41, 5.74) is 0. The van der Waals surface area contributed by atoms with Gasteiger partial charge in [-0.1, -0.05) is 12.0 Å². The molecule has 0 atom stereocenters. The summed E-state index contributed by atoms with van der Waals surface area (Å²) >= 11 is 0. The van der Waals surface area contributed by atoms with Crippen LogP contribution in [-0.4, -0.2) is 16.0 Å². The van der Waals surface area contributed by atoms with Gasteiger partial charge >= 0.3 is 0 Å². The Hall–Kier alpha value is -1.22. The fourth-order valence-corrected chi connectivity index (χ4v) is 0.880. The highest BCUT2D eigenvalue weighted by Crippen LogP contribution is 2.10. The summed E-state index contributed by atoms with van der Waals surface area (Å²) in [6, 6.07) is 0. The molecule has 1 aliphatic carbocycles. The Morgan fingerprint density at radius 3 is 2.92 bits per heavy atom. The molecule has 0 spiro atoms. The number of allylic oxidation sites excluding steroid dienone is 2. The fraction of sp³-hybridized carbons (Fsp3) is 0.400. The van der Waals surface area contributed by atoms with Crippen molar-refractivity contribution in [3.63, 3.8) is 0 Å². The third-order valence-corrected chi connectivity index (χ3v) is 1.49. The molecule has 0 radical (unpaired) electrons. The van der Waals surface area contributed by atoms with Gasteiger partial charge in [0.05, 0.1) is 0 Å². The maximum Gasteiger partial charge on any atom is 0.229 e. The molecule has 0 fully saturated rings. The highest BCUT2D eigenvalue weighted by atomic mass is 16.5. The van der Waals surface area contributed by atoms with E-state index in [1.54, 1.807) is 6.08 Å². The molecule has 0 unspecified atom stereocenters. The van der Waals surface area contributed by atoms with Crippen LogP contribution in [0.25, 0.3) is 0 Å². The van der Waals surface area contributed by atoms with Crippen molar-refractivity contribution in [1.82, 2.24) is 0 Å². The highest BCUT2D eigenvalue weighted by Gasteiger charge is 2.18. The predicted molar refractivity (Wildman–Crippen MR) is 45.7 cm³/mol. The Kier molecular flexibility index (Phi) is 2.94. The largest absolute Gasteiger partial charge is 0.356 e. The van der Waals surface area contributed by atoms with Crippen molar-refractivity contribution in [2.45, 2.75) is 25.0 Å². The first-order chi connectivity index (χ1) is 5.71. The van der Waals surface area contributed by atoms with Crippen LogP contribution in [0.15, 0.2) is 12.2 Å². The molecule has 0 aromatic rings. The Bertz CT molecular complexity index is 291. The quantitative estimate of drug-likeness (QED) is 0.400. The molecule has 2 heteroatoms. The van der Waals surface area contributed by atoms with E-state index in [0.717, 1.165) is 6.42 Å². The zero-order valence-electron chi connectivity index (χ0n) is 6.67. The SMILES string of the molecule is OC1(O)C#CC#C/C=C\CCC1. The van der Waals surface area contributed by atoms with Crippen LogP contribution < -0.4 is 0 Å². The topological polar surface area (TPSA) is 40.5 Å². The standard InChI is InChI=1S/C10H10O2/c11-10(12)8-6-4-2-1-3-5-7-9-10/h1-2,11-12H,4,6,8H2/b2-1-. The summed E-state index contributed by atoms with van der Waals surface area (Å²) in [7, 11) is 0. The van der Waals surface area contributed by atoms with Crippen LogP contribution >= 0.6 is 0 Å². The summed E-state index contributed by atoms with van der Waals surface area (Å²) < 4.78 is 0. The fourth-order valence-electron chi connectivity index (χ4n) is 0.880.